The summed E-state index contributed by atoms with van der Waals surface area (Å²) in [6, 6.07) is 0. The van der Waals surface area contributed by atoms with Crippen LogP contribution in [-0.4, -0.2) is 17.5 Å². The number of aromatic nitrogens is 1. The van der Waals surface area contributed by atoms with E-state index in [4.69, 9.17) is 4.74 Å². The van der Waals surface area contributed by atoms with Gasteiger partial charge in [-0.05, 0) is 37.2 Å². The highest BCUT2D eigenvalue weighted by Crippen LogP contribution is 2.41. The minimum absolute atomic E-state index is 0.179. The average Bonchev–Trinajstić information content (AvgIpc) is 3.11. The molecular formula is C22H32N2O2. The summed E-state index contributed by atoms with van der Waals surface area (Å²) in [5, 5.41) is 3.29. The van der Waals surface area contributed by atoms with Crippen LogP contribution in [0.5, 0.6) is 5.88 Å². The second kappa shape index (κ2) is 8.41. The molecule has 0 atom stereocenters. The van der Waals surface area contributed by atoms with Crippen LogP contribution in [0.15, 0.2) is 6.20 Å². The van der Waals surface area contributed by atoms with E-state index in [1.807, 2.05) is 6.20 Å². The number of anilines is 1. The van der Waals surface area contributed by atoms with E-state index in [-0.39, 0.29) is 11.8 Å². The highest BCUT2D eigenvalue weighted by Gasteiger charge is 2.29. The molecule has 3 aliphatic rings. The Morgan fingerprint density at radius 2 is 1.62 bits per heavy atom. The van der Waals surface area contributed by atoms with Gasteiger partial charge >= 0.3 is 0 Å². The number of fused-ring (bicyclic) bond motifs is 1. The zero-order valence-corrected chi connectivity index (χ0v) is 15.9. The van der Waals surface area contributed by atoms with Gasteiger partial charge < -0.3 is 10.1 Å². The van der Waals surface area contributed by atoms with Crippen molar-refractivity contribution in [2.45, 2.75) is 89.4 Å². The number of hydrogen-bond donors (Lipinski definition) is 1. The molecule has 0 unspecified atom stereocenters. The van der Waals surface area contributed by atoms with Gasteiger partial charge in [-0.15, -0.1) is 0 Å². The van der Waals surface area contributed by atoms with Gasteiger partial charge in [0, 0.05) is 17.9 Å². The Hall–Kier alpha value is -1.58. The lowest BCUT2D eigenvalue weighted by Gasteiger charge is -2.26. The van der Waals surface area contributed by atoms with Crippen molar-refractivity contribution in [1.29, 1.82) is 0 Å². The molecular weight excluding hydrogens is 324 g/mol. The molecule has 0 spiro atoms. The Morgan fingerprint density at radius 1 is 0.962 bits per heavy atom. The Kier molecular flexibility index (Phi) is 5.76. The summed E-state index contributed by atoms with van der Waals surface area (Å²) >= 11 is 0. The third kappa shape index (κ3) is 3.89. The molecule has 142 valence electrons. The normalized spacial score (nSPS) is 22.2. The maximum Gasteiger partial charge on any atom is 0.227 e. The molecule has 1 aromatic heterocycles. The number of nitrogens with zero attached hydrogens (tertiary/aromatic N) is 1. The quantitative estimate of drug-likeness (QED) is 0.793. The zero-order chi connectivity index (χ0) is 17.8. The third-order valence-electron chi connectivity index (χ3n) is 6.52. The Labute approximate surface area is 157 Å². The maximum absolute atomic E-state index is 12.9. The van der Waals surface area contributed by atoms with Crippen LogP contribution >= 0.6 is 0 Å². The van der Waals surface area contributed by atoms with Gasteiger partial charge in [-0.1, -0.05) is 51.4 Å². The van der Waals surface area contributed by atoms with Crippen LogP contribution in [0.4, 0.5) is 5.69 Å². The zero-order valence-electron chi connectivity index (χ0n) is 15.9. The minimum Gasteiger partial charge on any atom is -0.477 e. The predicted molar refractivity (Wildman–Crippen MR) is 104 cm³/mol. The van der Waals surface area contributed by atoms with Gasteiger partial charge in [0.1, 0.15) is 0 Å². The SMILES string of the molecule is O=C(Nc1cnc2c(c1C1CCCCCCC1)CCO2)C1CCCCC1. The van der Waals surface area contributed by atoms with E-state index >= 15 is 0 Å². The Morgan fingerprint density at radius 3 is 2.38 bits per heavy atom. The molecule has 1 aliphatic heterocycles. The van der Waals surface area contributed by atoms with Crippen molar-refractivity contribution in [1.82, 2.24) is 4.98 Å². The highest BCUT2D eigenvalue weighted by atomic mass is 16.5. The van der Waals surface area contributed by atoms with Gasteiger partial charge in [-0.2, -0.15) is 0 Å². The first-order valence-corrected chi connectivity index (χ1v) is 10.8. The molecule has 4 nitrogen and oxygen atoms in total. The van der Waals surface area contributed by atoms with E-state index in [1.165, 1.54) is 75.3 Å². The fourth-order valence-electron chi connectivity index (χ4n) is 5.07. The highest BCUT2D eigenvalue weighted by molar-refractivity contribution is 5.93. The van der Waals surface area contributed by atoms with Crippen molar-refractivity contribution in [3.63, 3.8) is 0 Å². The molecule has 0 bridgehead atoms. The summed E-state index contributed by atoms with van der Waals surface area (Å²) in [4.78, 5) is 17.4. The van der Waals surface area contributed by atoms with E-state index in [1.54, 1.807) is 0 Å². The molecule has 26 heavy (non-hydrogen) atoms. The summed E-state index contributed by atoms with van der Waals surface area (Å²) in [5.41, 5.74) is 3.57. The van der Waals surface area contributed by atoms with E-state index in [9.17, 15) is 4.79 Å². The monoisotopic (exact) mass is 356 g/mol. The summed E-state index contributed by atoms with van der Waals surface area (Å²) in [5.74, 6) is 1.73. The van der Waals surface area contributed by atoms with Crippen molar-refractivity contribution in [3.05, 3.63) is 17.3 Å². The van der Waals surface area contributed by atoms with E-state index in [0.29, 0.717) is 5.92 Å². The molecule has 1 aromatic rings. The molecule has 1 N–H and O–H groups in total. The van der Waals surface area contributed by atoms with Crippen LogP contribution in [-0.2, 0) is 11.2 Å². The number of rotatable bonds is 3. The number of carbonyl (C=O) groups excluding carboxylic acids is 1. The van der Waals surface area contributed by atoms with Gasteiger partial charge in [0.25, 0.3) is 0 Å². The van der Waals surface area contributed by atoms with Crippen LogP contribution in [0.25, 0.3) is 0 Å². The molecule has 0 saturated heterocycles. The number of carbonyl (C=O) groups is 1. The first kappa shape index (κ1) is 17.8. The van der Waals surface area contributed by atoms with Gasteiger partial charge in [0.2, 0.25) is 11.8 Å². The Balaban J connectivity index is 1.60. The van der Waals surface area contributed by atoms with Crippen molar-refractivity contribution in [2.24, 2.45) is 5.92 Å². The largest absolute Gasteiger partial charge is 0.477 e. The van der Waals surface area contributed by atoms with Crippen LogP contribution in [0.3, 0.4) is 0 Å². The van der Waals surface area contributed by atoms with Gasteiger partial charge in [-0.25, -0.2) is 4.98 Å². The smallest absolute Gasteiger partial charge is 0.227 e. The number of nitrogens with one attached hydrogen (secondary N) is 1. The number of ether oxygens (including phenoxy) is 1. The fourth-order valence-corrected chi connectivity index (χ4v) is 5.07. The lowest BCUT2D eigenvalue weighted by molar-refractivity contribution is -0.120. The maximum atomic E-state index is 12.9. The number of pyridine rings is 1. The Bertz CT molecular complexity index is 629. The second-order valence-electron chi connectivity index (χ2n) is 8.33. The molecule has 4 heteroatoms. The lowest BCUT2D eigenvalue weighted by atomic mass is 9.83. The number of hydrogen-bond acceptors (Lipinski definition) is 3. The van der Waals surface area contributed by atoms with E-state index in [0.717, 1.165) is 37.4 Å². The van der Waals surface area contributed by atoms with Crippen molar-refractivity contribution < 1.29 is 9.53 Å². The molecule has 1 amide bonds. The topological polar surface area (TPSA) is 51.2 Å². The molecule has 2 aliphatic carbocycles. The van der Waals surface area contributed by atoms with Crippen LogP contribution < -0.4 is 10.1 Å². The standard InChI is InChI=1S/C22H32N2O2/c25-21(17-11-7-4-8-12-17)24-19-15-23-22-18(13-14-26-22)20(19)16-9-5-2-1-3-6-10-16/h15-17H,1-14H2,(H,24,25). The molecule has 2 heterocycles. The van der Waals surface area contributed by atoms with Crippen LogP contribution in [0.2, 0.25) is 0 Å². The second-order valence-corrected chi connectivity index (χ2v) is 8.33. The van der Waals surface area contributed by atoms with Crippen molar-refractivity contribution in [2.75, 3.05) is 11.9 Å². The molecule has 0 radical (unpaired) electrons. The van der Waals surface area contributed by atoms with Crippen LogP contribution in [0.1, 0.15) is 94.1 Å². The van der Waals surface area contributed by atoms with Crippen LogP contribution in [0, 0.1) is 5.92 Å². The third-order valence-corrected chi connectivity index (χ3v) is 6.52. The summed E-state index contributed by atoms with van der Waals surface area (Å²) in [6.45, 7) is 0.724. The molecule has 4 rings (SSSR count). The first-order valence-electron chi connectivity index (χ1n) is 10.8. The van der Waals surface area contributed by atoms with E-state index in [2.05, 4.69) is 10.3 Å². The minimum atomic E-state index is 0.179. The summed E-state index contributed by atoms with van der Waals surface area (Å²) in [7, 11) is 0. The van der Waals surface area contributed by atoms with E-state index < -0.39 is 0 Å². The van der Waals surface area contributed by atoms with Gasteiger partial charge in [0.15, 0.2) is 0 Å². The first-order chi connectivity index (χ1) is 12.8. The predicted octanol–water partition coefficient (Wildman–Crippen LogP) is 5.36. The van der Waals surface area contributed by atoms with Crippen molar-refractivity contribution in [3.8, 4) is 5.88 Å². The van der Waals surface area contributed by atoms with Gasteiger partial charge in [0.05, 0.1) is 18.5 Å². The summed E-state index contributed by atoms with van der Waals surface area (Å²) < 4.78 is 5.74. The molecule has 2 fully saturated rings. The average molecular weight is 357 g/mol. The lowest BCUT2D eigenvalue weighted by Crippen LogP contribution is -2.26. The van der Waals surface area contributed by atoms with Crippen molar-refractivity contribution >= 4 is 11.6 Å². The molecule has 2 saturated carbocycles. The molecule has 0 aromatic carbocycles. The number of amides is 1. The van der Waals surface area contributed by atoms with Gasteiger partial charge in [-0.3, -0.25) is 4.79 Å². The summed E-state index contributed by atoms with van der Waals surface area (Å²) in [6.07, 6.45) is 17.6. The fraction of sp³-hybridized carbons (Fsp3) is 0.727.